The van der Waals surface area contributed by atoms with Crippen molar-refractivity contribution in [1.29, 1.82) is 0 Å². The van der Waals surface area contributed by atoms with Gasteiger partial charge in [0, 0.05) is 0 Å². The first-order valence-electron chi connectivity index (χ1n) is 5.31. The predicted molar refractivity (Wildman–Crippen MR) is 60.9 cm³/mol. The smallest absolute Gasteiger partial charge is 0.375 e. The van der Waals surface area contributed by atoms with Crippen LogP contribution >= 0.6 is 0 Å². The molecule has 9 nitrogen and oxygen atoms in total. The summed E-state index contributed by atoms with van der Waals surface area (Å²) in [6.45, 7) is 1.75. The van der Waals surface area contributed by atoms with E-state index in [-0.39, 0.29) is 23.8 Å². The molecule has 2 aromatic heterocycles. The third-order valence-electron chi connectivity index (χ3n) is 2.25. The number of aromatic amines is 1. The molecule has 0 unspecified atom stereocenters. The summed E-state index contributed by atoms with van der Waals surface area (Å²) in [5, 5.41) is 2.40. The zero-order valence-electron chi connectivity index (χ0n) is 10.2. The molecule has 1 N–H and O–H groups in total. The fourth-order valence-electron chi connectivity index (χ4n) is 1.39. The van der Waals surface area contributed by atoms with Gasteiger partial charge in [-0.05, 0) is 6.92 Å². The lowest BCUT2D eigenvalue weighted by Crippen LogP contribution is -2.24. The van der Waals surface area contributed by atoms with Crippen LogP contribution in [0.25, 0.3) is 5.78 Å². The molecular weight excluding hydrogens is 256 g/mol. The van der Waals surface area contributed by atoms with Gasteiger partial charge in [-0.3, -0.25) is 9.89 Å². The first-order chi connectivity index (χ1) is 9.08. The minimum Gasteiger partial charge on any atom is -0.463 e. The summed E-state index contributed by atoms with van der Waals surface area (Å²) < 4.78 is 10.0. The van der Waals surface area contributed by atoms with Crippen molar-refractivity contribution in [3.8, 4) is 0 Å². The van der Waals surface area contributed by atoms with Crippen LogP contribution in [0.4, 0.5) is 0 Å². The highest BCUT2D eigenvalue weighted by atomic mass is 16.5. The topological polar surface area (TPSA) is 116 Å². The molecule has 2 aromatic rings. The van der Waals surface area contributed by atoms with Gasteiger partial charge in [-0.25, -0.2) is 14.6 Å². The second-order valence-corrected chi connectivity index (χ2v) is 3.40. The van der Waals surface area contributed by atoms with Crippen molar-refractivity contribution in [2.75, 3.05) is 13.7 Å². The molecule has 0 saturated carbocycles. The third-order valence-corrected chi connectivity index (χ3v) is 2.25. The number of fused-ring (bicyclic) bond motifs is 1. The molecule has 100 valence electrons. The number of rotatable bonds is 3. The molecule has 0 aliphatic heterocycles. The van der Waals surface area contributed by atoms with Crippen molar-refractivity contribution < 1.29 is 19.1 Å². The summed E-state index contributed by atoms with van der Waals surface area (Å²) in [7, 11) is 1.18. The molecule has 19 heavy (non-hydrogen) atoms. The van der Waals surface area contributed by atoms with E-state index in [1.807, 2.05) is 0 Å². The Labute approximate surface area is 106 Å². The van der Waals surface area contributed by atoms with Gasteiger partial charge < -0.3 is 9.47 Å². The lowest BCUT2D eigenvalue weighted by molar-refractivity contribution is 0.0522. The Balaban J connectivity index is 2.56. The number of hydrogen-bond donors (Lipinski definition) is 1. The third kappa shape index (κ3) is 2.17. The Morgan fingerprint density at radius 3 is 2.79 bits per heavy atom. The van der Waals surface area contributed by atoms with E-state index in [4.69, 9.17) is 4.74 Å². The number of nitrogens with zero attached hydrogens (tertiary/aromatic N) is 3. The first-order valence-corrected chi connectivity index (χ1v) is 5.31. The Kier molecular flexibility index (Phi) is 3.27. The molecule has 0 saturated heterocycles. The number of aromatic nitrogens is 4. The maximum atomic E-state index is 12.0. The van der Waals surface area contributed by atoms with E-state index in [1.54, 1.807) is 6.92 Å². The summed E-state index contributed by atoms with van der Waals surface area (Å²) in [4.78, 5) is 42.3. The second kappa shape index (κ2) is 4.88. The zero-order valence-corrected chi connectivity index (χ0v) is 10.2. The van der Waals surface area contributed by atoms with Gasteiger partial charge in [0.15, 0.2) is 0 Å². The van der Waals surface area contributed by atoms with Crippen LogP contribution in [0.1, 0.15) is 27.9 Å². The Morgan fingerprint density at radius 1 is 1.42 bits per heavy atom. The lowest BCUT2D eigenvalue weighted by Gasteiger charge is -1.99. The van der Waals surface area contributed by atoms with E-state index in [2.05, 4.69) is 19.8 Å². The van der Waals surface area contributed by atoms with Gasteiger partial charge in [0.2, 0.25) is 5.82 Å². The summed E-state index contributed by atoms with van der Waals surface area (Å²) in [5.41, 5.74) is -0.953. The van der Waals surface area contributed by atoms with Crippen molar-refractivity contribution in [2.45, 2.75) is 6.92 Å². The summed E-state index contributed by atoms with van der Waals surface area (Å²) in [5.74, 6) is -1.77. The van der Waals surface area contributed by atoms with E-state index in [9.17, 15) is 14.4 Å². The van der Waals surface area contributed by atoms with Crippen LogP contribution in [-0.4, -0.2) is 45.2 Å². The van der Waals surface area contributed by atoms with Crippen molar-refractivity contribution in [2.24, 2.45) is 0 Å². The second-order valence-electron chi connectivity index (χ2n) is 3.40. The predicted octanol–water partition coefficient (Wildman–Crippen LogP) is -0.619. The molecule has 0 atom stereocenters. The van der Waals surface area contributed by atoms with Crippen LogP contribution in [-0.2, 0) is 9.47 Å². The van der Waals surface area contributed by atoms with E-state index < -0.39 is 17.5 Å². The fourth-order valence-corrected chi connectivity index (χ4v) is 1.39. The molecule has 0 fully saturated rings. The number of nitrogens with one attached hydrogen (secondary N) is 1. The highest BCUT2D eigenvalue weighted by Gasteiger charge is 2.18. The Hall–Kier alpha value is -2.71. The van der Waals surface area contributed by atoms with E-state index in [1.165, 1.54) is 7.11 Å². The summed E-state index contributed by atoms with van der Waals surface area (Å²) in [6.07, 6.45) is 1.05. The fraction of sp³-hybridized carbons (Fsp3) is 0.300. The molecule has 0 bridgehead atoms. The quantitative estimate of drug-likeness (QED) is 0.736. The van der Waals surface area contributed by atoms with Crippen molar-refractivity contribution >= 4 is 17.7 Å². The molecule has 2 rings (SSSR count). The van der Waals surface area contributed by atoms with Gasteiger partial charge in [0.05, 0.1) is 19.9 Å². The maximum absolute atomic E-state index is 12.0. The van der Waals surface area contributed by atoms with Crippen LogP contribution in [0, 0.1) is 0 Å². The zero-order chi connectivity index (χ0) is 14.0. The van der Waals surface area contributed by atoms with E-state index >= 15 is 0 Å². The van der Waals surface area contributed by atoms with Crippen molar-refractivity contribution in [3.05, 3.63) is 27.9 Å². The van der Waals surface area contributed by atoms with Gasteiger partial charge in [0.1, 0.15) is 5.56 Å². The first kappa shape index (κ1) is 12.7. The molecule has 9 heteroatoms. The molecule has 2 heterocycles. The van der Waals surface area contributed by atoms with Gasteiger partial charge >= 0.3 is 11.9 Å². The Bertz CT molecular complexity index is 701. The monoisotopic (exact) mass is 266 g/mol. The van der Waals surface area contributed by atoms with Crippen LogP contribution in [0.5, 0.6) is 0 Å². The van der Waals surface area contributed by atoms with Crippen LogP contribution < -0.4 is 5.56 Å². The van der Waals surface area contributed by atoms with Crippen molar-refractivity contribution in [3.63, 3.8) is 0 Å². The number of hydrogen-bond acceptors (Lipinski definition) is 7. The maximum Gasteiger partial charge on any atom is 0.375 e. The number of ether oxygens (including phenoxy) is 2. The number of esters is 2. The standard InChI is InChI=1S/C10H10N4O5/c1-3-19-8(16)5-4-11-10-12-6(9(17)18-2)13-14(10)7(5)15/h4H,3H2,1-2H3,(H,11,12,13). The summed E-state index contributed by atoms with van der Waals surface area (Å²) >= 11 is 0. The average Bonchev–Trinajstić information content (AvgIpc) is 2.83. The normalized spacial score (nSPS) is 10.4. The van der Waals surface area contributed by atoms with Crippen molar-refractivity contribution in [1.82, 2.24) is 19.6 Å². The molecule has 0 aliphatic rings. The largest absolute Gasteiger partial charge is 0.463 e. The molecule has 0 amide bonds. The number of carbonyl (C=O) groups is 2. The molecule has 0 radical (unpaired) electrons. The number of methoxy groups -OCH3 is 1. The molecule has 0 spiro atoms. The van der Waals surface area contributed by atoms with Gasteiger partial charge in [-0.2, -0.15) is 9.50 Å². The van der Waals surface area contributed by atoms with Crippen LogP contribution in [0.3, 0.4) is 0 Å². The van der Waals surface area contributed by atoms with Gasteiger partial charge in [-0.1, -0.05) is 0 Å². The highest BCUT2D eigenvalue weighted by Crippen LogP contribution is 1.99. The van der Waals surface area contributed by atoms with Gasteiger partial charge in [0.25, 0.3) is 11.3 Å². The molecular formula is C10H10N4O5. The molecule has 0 aromatic carbocycles. The van der Waals surface area contributed by atoms with Crippen LogP contribution in [0.2, 0.25) is 0 Å². The minimum absolute atomic E-state index is 0.0431. The SMILES string of the molecule is CCOC(=O)c1cnc2nc(C(=O)OC)[nH]n2c1=O. The highest BCUT2D eigenvalue weighted by molar-refractivity contribution is 5.89. The molecule has 0 aliphatic carbocycles. The number of carbonyl (C=O) groups excluding carboxylic acids is 2. The van der Waals surface area contributed by atoms with Crippen LogP contribution in [0.15, 0.2) is 11.0 Å². The minimum atomic E-state index is -0.788. The number of H-pyrrole nitrogens is 1. The van der Waals surface area contributed by atoms with E-state index in [0.717, 1.165) is 10.7 Å². The summed E-state index contributed by atoms with van der Waals surface area (Å²) in [6, 6.07) is 0. The average molecular weight is 266 g/mol. The van der Waals surface area contributed by atoms with E-state index in [0.29, 0.717) is 0 Å². The van der Waals surface area contributed by atoms with Gasteiger partial charge in [-0.15, -0.1) is 0 Å². The Morgan fingerprint density at radius 2 is 2.16 bits per heavy atom. The lowest BCUT2D eigenvalue weighted by atomic mass is 10.3.